The van der Waals surface area contributed by atoms with Gasteiger partial charge in [-0.1, -0.05) is 51.3 Å². The third kappa shape index (κ3) is 8.55. The van der Waals surface area contributed by atoms with Crippen LogP contribution in [0.2, 0.25) is 0 Å². The number of anilines is 1. The first-order valence-corrected chi connectivity index (χ1v) is 12.2. The lowest BCUT2D eigenvalue weighted by atomic mass is 9.83. The average molecular weight is 442 g/mol. The molecule has 0 spiro atoms. The number of hydrogen-bond donors (Lipinski definition) is 5. The van der Waals surface area contributed by atoms with Crippen molar-refractivity contribution in [1.29, 1.82) is 0 Å². The van der Waals surface area contributed by atoms with E-state index in [1.165, 1.54) is 51.8 Å². The van der Waals surface area contributed by atoms with Gasteiger partial charge in [-0.3, -0.25) is 0 Å². The van der Waals surface area contributed by atoms with Crippen molar-refractivity contribution in [2.75, 3.05) is 31.9 Å². The second-order valence-electron chi connectivity index (χ2n) is 9.01. The quantitative estimate of drug-likeness (QED) is 0.339. The molecule has 0 atom stereocenters. The number of nitrogen functional groups attached to an aromatic ring is 1. The van der Waals surface area contributed by atoms with Crippen molar-refractivity contribution in [3.63, 3.8) is 0 Å². The molecule has 0 fully saturated rings. The van der Waals surface area contributed by atoms with E-state index in [9.17, 15) is 0 Å². The summed E-state index contributed by atoms with van der Waals surface area (Å²) in [6.07, 6.45) is 5.90. The summed E-state index contributed by atoms with van der Waals surface area (Å²) < 4.78 is 0. The van der Waals surface area contributed by atoms with Gasteiger partial charge >= 0.3 is 0 Å². The molecule has 0 saturated carbocycles. The van der Waals surface area contributed by atoms with Gasteiger partial charge in [-0.15, -0.1) is 0 Å². The normalized spacial score (nSPS) is 10.9. The van der Waals surface area contributed by atoms with Gasteiger partial charge in [-0.05, 0) is 110 Å². The smallest absolute Gasteiger partial charge is 0.0319 e. The first-order chi connectivity index (χ1) is 15.3. The molecule has 0 heterocycles. The minimum Gasteiger partial charge on any atom is -0.399 e. The Morgan fingerprint density at radius 1 is 0.656 bits per heavy atom. The molecule has 2 rings (SSSR count). The Morgan fingerprint density at radius 3 is 1.25 bits per heavy atom. The van der Waals surface area contributed by atoms with Gasteiger partial charge in [0.1, 0.15) is 0 Å². The van der Waals surface area contributed by atoms with Crippen LogP contribution < -0.4 is 28.7 Å². The maximum Gasteiger partial charge on any atom is 0.0319 e. The van der Waals surface area contributed by atoms with E-state index in [0.29, 0.717) is 26.2 Å². The summed E-state index contributed by atoms with van der Waals surface area (Å²) in [7, 11) is 0. The fraction of sp³-hybridized carbons (Fsp3) is 0.556. The Kier molecular flexibility index (Phi) is 13.2. The van der Waals surface area contributed by atoms with Crippen LogP contribution in [0.25, 0.3) is 11.1 Å². The van der Waals surface area contributed by atoms with Gasteiger partial charge in [0.05, 0.1) is 0 Å². The van der Waals surface area contributed by atoms with Gasteiger partial charge < -0.3 is 28.7 Å². The lowest BCUT2D eigenvalue weighted by molar-refractivity contribution is 0.576. The van der Waals surface area contributed by atoms with Gasteiger partial charge in [0.25, 0.3) is 0 Å². The third-order valence-electron chi connectivity index (χ3n) is 5.54. The lowest BCUT2D eigenvalue weighted by Crippen LogP contribution is -2.14. The fourth-order valence-electron chi connectivity index (χ4n) is 4.37. The van der Waals surface area contributed by atoms with Gasteiger partial charge in [-0.2, -0.15) is 0 Å². The largest absolute Gasteiger partial charge is 0.399 e. The highest BCUT2D eigenvalue weighted by molar-refractivity contribution is 5.79. The molecule has 0 aliphatic carbocycles. The first-order valence-electron chi connectivity index (χ1n) is 12.2. The molecule has 2 aromatic rings. The molecule has 180 valence electrons. The minimum absolute atomic E-state index is 0.572. The summed E-state index contributed by atoms with van der Waals surface area (Å²) in [6, 6.07) is 8.55. The van der Waals surface area contributed by atoms with E-state index >= 15 is 0 Å². The zero-order chi connectivity index (χ0) is 24.1. The molecule has 0 unspecified atom stereocenters. The zero-order valence-electron chi connectivity index (χ0n) is 20.8. The van der Waals surface area contributed by atoms with Crippen molar-refractivity contribution >= 4 is 5.69 Å². The molecule has 0 saturated heterocycles. The van der Waals surface area contributed by atoms with Crippen molar-refractivity contribution in [3.05, 3.63) is 52.1 Å². The van der Waals surface area contributed by atoms with Crippen LogP contribution in [-0.4, -0.2) is 26.2 Å². The molecular weight excluding hydrogens is 394 g/mol. The van der Waals surface area contributed by atoms with Crippen molar-refractivity contribution < 1.29 is 0 Å². The Balaban J connectivity index is 0.000000751. The van der Waals surface area contributed by atoms with E-state index < -0.39 is 0 Å². The van der Waals surface area contributed by atoms with Crippen LogP contribution in [0.15, 0.2) is 24.3 Å². The summed E-state index contributed by atoms with van der Waals surface area (Å²) in [4.78, 5) is 0. The van der Waals surface area contributed by atoms with Crippen LogP contribution in [0.5, 0.6) is 0 Å². The van der Waals surface area contributed by atoms with Gasteiger partial charge in [-0.25, -0.2) is 0 Å². The molecule has 2 aromatic carbocycles. The van der Waals surface area contributed by atoms with E-state index in [-0.39, 0.29) is 0 Å². The number of rotatable bonds is 11. The molecule has 0 aromatic heterocycles. The minimum atomic E-state index is 0.572. The van der Waals surface area contributed by atoms with E-state index in [4.69, 9.17) is 28.7 Å². The van der Waals surface area contributed by atoms with Crippen LogP contribution in [0.4, 0.5) is 5.69 Å². The van der Waals surface area contributed by atoms with E-state index in [2.05, 4.69) is 39.8 Å². The second-order valence-corrected chi connectivity index (χ2v) is 9.01. The Bertz CT molecular complexity index is 696. The third-order valence-corrected chi connectivity index (χ3v) is 5.54. The topological polar surface area (TPSA) is 130 Å². The Morgan fingerprint density at radius 2 is 1.00 bits per heavy atom. The van der Waals surface area contributed by atoms with Crippen LogP contribution >= 0.6 is 0 Å². The summed E-state index contributed by atoms with van der Waals surface area (Å²) in [6.45, 7) is 11.2. The fourth-order valence-corrected chi connectivity index (χ4v) is 4.37. The number of hydrogen-bond acceptors (Lipinski definition) is 5. The van der Waals surface area contributed by atoms with Gasteiger partial charge in [0.2, 0.25) is 0 Å². The maximum absolute atomic E-state index is 6.16. The summed E-state index contributed by atoms with van der Waals surface area (Å²) in [5.41, 5.74) is 39.1. The highest BCUT2D eigenvalue weighted by Gasteiger charge is 2.18. The van der Waals surface area contributed by atoms with Gasteiger partial charge in [0.15, 0.2) is 0 Å². The van der Waals surface area contributed by atoms with Crippen molar-refractivity contribution in [2.45, 2.75) is 66.2 Å². The molecule has 5 heteroatoms. The number of aryl methyl sites for hydroxylation is 1. The Hall–Kier alpha value is -1.92. The lowest BCUT2D eigenvalue weighted by Gasteiger charge is -2.22. The molecule has 0 bridgehead atoms. The molecule has 10 N–H and O–H groups in total. The Labute approximate surface area is 196 Å². The summed E-state index contributed by atoms with van der Waals surface area (Å²) in [5, 5.41) is 0. The molecule has 0 aliphatic rings. The molecule has 5 nitrogen and oxygen atoms in total. The number of benzene rings is 2. The van der Waals surface area contributed by atoms with Gasteiger partial charge in [0, 0.05) is 5.69 Å². The molecular formula is C27H47N5. The highest BCUT2D eigenvalue weighted by atomic mass is 14.6. The molecule has 0 radical (unpaired) electrons. The maximum atomic E-state index is 6.16. The molecule has 0 amide bonds. The van der Waals surface area contributed by atoms with E-state index in [1.54, 1.807) is 0 Å². The second kappa shape index (κ2) is 15.0. The van der Waals surface area contributed by atoms with Crippen molar-refractivity contribution in [1.82, 2.24) is 0 Å². The predicted octanol–water partition coefficient (Wildman–Crippen LogP) is 3.69. The zero-order valence-corrected chi connectivity index (χ0v) is 20.8. The van der Waals surface area contributed by atoms with Crippen LogP contribution in [0, 0.1) is 12.8 Å². The van der Waals surface area contributed by atoms with Crippen LogP contribution in [-0.2, 0) is 25.7 Å². The summed E-state index contributed by atoms with van der Waals surface area (Å²) >= 11 is 0. The monoisotopic (exact) mass is 441 g/mol. The van der Waals surface area contributed by atoms with E-state index in [0.717, 1.165) is 37.3 Å². The molecule has 0 aliphatic heterocycles. The standard InChI is InChI=1S/C21H33N5.C6H14/c1-14-10-15(2-6-22)20(16(11-14)3-7-23)21-17(4-8-24)12-19(26)13-18(21)5-9-25;1-4-5-6(2)3/h10-13H,2-9,22-26H2,1H3;6H,4-5H2,1-3H3. The van der Waals surface area contributed by atoms with Crippen molar-refractivity contribution in [2.24, 2.45) is 28.9 Å². The number of nitrogens with two attached hydrogens (primary N) is 5. The first kappa shape index (κ1) is 28.1. The average Bonchev–Trinajstić information content (AvgIpc) is 2.70. The van der Waals surface area contributed by atoms with Crippen molar-refractivity contribution in [3.8, 4) is 11.1 Å². The summed E-state index contributed by atoms with van der Waals surface area (Å²) in [5.74, 6) is 0.898. The van der Waals surface area contributed by atoms with E-state index in [1.807, 2.05) is 12.1 Å². The highest BCUT2D eigenvalue weighted by Crippen LogP contribution is 2.37. The van der Waals surface area contributed by atoms with Crippen LogP contribution in [0.1, 0.15) is 61.4 Å². The van der Waals surface area contributed by atoms with Crippen LogP contribution in [0.3, 0.4) is 0 Å². The molecule has 32 heavy (non-hydrogen) atoms. The SMILES string of the molecule is CCCC(C)C.Cc1cc(CCN)c(-c2c(CCN)cc(N)cc2CCN)c(CCN)c1. The predicted molar refractivity (Wildman–Crippen MR) is 142 cm³/mol.